The van der Waals surface area contributed by atoms with E-state index in [9.17, 15) is 4.79 Å². The van der Waals surface area contributed by atoms with Gasteiger partial charge in [0.15, 0.2) is 0 Å². The molecule has 0 atom stereocenters. The third-order valence-electron chi connectivity index (χ3n) is 2.96. The Balaban J connectivity index is 2.41. The molecule has 2 aromatic rings. The van der Waals surface area contributed by atoms with Crippen LogP contribution in [0.15, 0.2) is 34.8 Å². The van der Waals surface area contributed by atoms with E-state index >= 15 is 0 Å². The normalized spacial score (nSPS) is 10.3. The first kappa shape index (κ1) is 14.4. The third kappa shape index (κ3) is 2.93. The molecule has 0 radical (unpaired) electrons. The Morgan fingerprint density at radius 3 is 2.50 bits per heavy atom. The summed E-state index contributed by atoms with van der Waals surface area (Å²) in [5.41, 5.74) is 7.69. The van der Waals surface area contributed by atoms with E-state index in [0.29, 0.717) is 17.1 Å². The molecule has 0 aromatic heterocycles. The lowest BCUT2D eigenvalue weighted by atomic mass is 10.1. The lowest BCUT2D eigenvalue weighted by molar-refractivity contribution is 0.0697. The van der Waals surface area contributed by atoms with Gasteiger partial charge in [0.25, 0.3) is 0 Å². The van der Waals surface area contributed by atoms with E-state index in [2.05, 4.69) is 15.9 Å². The summed E-state index contributed by atoms with van der Waals surface area (Å²) < 4.78 is 6.71. The number of rotatable bonds is 3. The molecule has 0 aliphatic heterocycles. The van der Waals surface area contributed by atoms with Crippen molar-refractivity contribution < 1.29 is 14.6 Å². The Morgan fingerprint density at radius 1 is 1.20 bits per heavy atom. The van der Waals surface area contributed by atoms with E-state index in [-0.39, 0.29) is 11.3 Å². The number of carboxylic acids is 1. The van der Waals surface area contributed by atoms with Crippen LogP contribution < -0.4 is 10.5 Å². The van der Waals surface area contributed by atoms with Gasteiger partial charge >= 0.3 is 5.97 Å². The number of halogens is 1. The highest BCUT2D eigenvalue weighted by Crippen LogP contribution is 2.31. The van der Waals surface area contributed by atoms with Crippen molar-refractivity contribution in [1.82, 2.24) is 0 Å². The molecule has 2 aromatic carbocycles. The van der Waals surface area contributed by atoms with Gasteiger partial charge in [0.2, 0.25) is 0 Å². The van der Waals surface area contributed by atoms with Gasteiger partial charge in [0.1, 0.15) is 11.5 Å². The number of anilines is 1. The maximum Gasteiger partial charge on any atom is 0.337 e. The molecular weight excluding hydrogens is 322 g/mol. The predicted octanol–water partition coefficient (Wildman–Crippen LogP) is 4.14. The number of hydrogen-bond donors (Lipinski definition) is 2. The largest absolute Gasteiger partial charge is 0.478 e. The molecule has 0 unspecified atom stereocenters. The number of carboxylic acid groups (broad SMARTS) is 1. The Labute approximate surface area is 125 Å². The molecule has 3 N–H and O–H groups in total. The lowest BCUT2D eigenvalue weighted by Gasteiger charge is -2.12. The molecule has 104 valence electrons. The number of nitrogens with two attached hydrogens (primary N) is 1. The van der Waals surface area contributed by atoms with E-state index in [4.69, 9.17) is 15.6 Å². The molecule has 0 spiro atoms. The molecule has 0 heterocycles. The van der Waals surface area contributed by atoms with Crippen molar-refractivity contribution in [3.63, 3.8) is 0 Å². The van der Waals surface area contributed by atoms with Crippen molar-refractivity contribution in [2.24, 2.45) is 0 Å². The predicted molar refractivity (Wildman–Crippen MR) is 81.5 cm³/mol. The average Bonchev–Trinajstić information content (AvgIpc) is 2.36. The fourth-order valence-electron chi connectivity index (χ4n) is 1.86. The molecule has 0 saturated heterocycles. The van der Waals surface area contributed by atoms with Crippen molar-refractivity contribution in [3.8, 4) is 11.5 Å². The Morgan fingerprint density at radius 2 is 1.90 bits per heavy atom. The molecule has 0 saturated carbocycles. The van der Waals surface area contributed by atoms with Crippen LogP contribution >= 0.6 is 15.9 Å². The fraction of sp³-hybridized carbons (Fsp3) is 0.133. The summed E-state index contributed by atoms with van der Waals surface area (Å²) >= 11 is 3.38. The zero-order valence-electron chi connectivity index (χ0n) is 11.1. The number of carbonyl (C=O) groups is 1. The summed E-state index contributed by atoms with van der Waals surface area (Å²) in [4.78, 5) is 11.1. The van der Waals surface area contributed by atoms with Gasteiger partial charge in [-0.25, -0.2) is 4.79 Å². The first-order valence-corrected chi connectivity index (χ1v) is 6.75. The minimum atomic E-state index is -1.07. The zero-order valence-corrected chi connectivity index (χ0v) is 12.7. The van der Waals surface area contributed by atoms with Crippen LogP contribution in [-0.4, -0.2) is 11.1 Å². The maximum absolute atomic E-state index is 11.1. The summed E-state index contributed by atoms with van der Waals surface area (Å²) in [5.74, 6) is 0.0665. The van der Waals surface area contributed by atoms with Crippen molar-refractivity contribution in [1.29, 1.82) is 0 Å². The highest BCUT2D eigenvalue weighted by atomic mass is 79.9. The van der Waals surface area contributed by atoms with Crippen LogP contribution in [-0.2, 0) is 0 Å². The minimum Gasteiger partial charge on any atom is -0.478 e. The number of benzene rings is 2. The van der Waals surface area contributed by atoms with E-state index in [1.54, 1.807) is 13.0 Å². The second-order valence-electron chi connectivity index (χ2n) is 4.52. The van der Waals surface area contributed by atoms with E-state index in [1.165, 1.54) is 6.07 Å². The Hall–Kier alpha value is -2.01. The molecule has 0 aliphatic carbocycles. The van der Waals surface area contributed by atoms with Crippen LogP contribution in [0.3, 0.4) is 0 Å². The molecule has 0 aliphatic rings. The van der Waals surface area contributed by atoms with Gasteiger partial charge in [-0.3, -0.25) is 0 Å². The monoisotopic (exact) mass is 335 g/mol. The van der Waals surface area contributed by atoms with E-state index < -0.39 is 5.97 Å². The maximum atomic E-state index is 11.1. The van der Waals surface area contributed by atoms with Crippen LogP contribution in [0, 0.1) is 13.8 Å². The number of nitrogen functional groups attached to an aromatic ring is 1. The summed E-state index contributed by atoms with van der Waals surface area (Å²) in [6.07, 6.45) is 0. The smallest absolute Gasteiger partial charge is 0.337 e. The van der Waals surface area contributed by atoms with Gasteiger partial charge in [0.05, 0.1) is 5.56 Å². The standard InChI is InChI=1S/C15H14BrNO3/c1-8-5-10(16)3-4-13(8)20-11-6-9(2)14(17)12(7-11)15(18)19/h3-7H,17H2,1-2H3,(H,18,19). The second kappa shape index (κ2) is 5.54. The SMILES string of the molecule is Cc1cc(Br)ccc1Oc1cc(C)c(N)c(C(=O)O)c1. The number of aromatic carboxylic acids is 1. The van der Waals surface area contributed by atoms with Gasteiger partial charge in [-0.05, 0) is 55.3 Å². The molecule has 0 amide bonds. The van der Waals surface area contributed by atoms with Gasteiger partial charge in [-0.1, -0.05) is 15.9 Å². The van der Waals surface area contributed by atoms with Crippen molar-refractivity contribution in [2.75, 3.05) is 5.73 Å². The molecule has 20 heavy (non-hydrogen) atoms. The van der Waals surface area contributed by atoms with Gasteiger partial charge in [0, 0.05) is 10.2 Å². The molecule has 0 bridgehead atoms. The van der Waals surface area contributed by atoms with E-state index in [0.717, 1.165) is 10.0 Å². The highest BCUT2D eigenvalue weighted by molar-refractivity contribution is 9.10. The average molecular weight is 336 g/mol. The molecule has 5 heteroatoms. The minimum absolute atomic E-state index is 0.0507. The highest BCUT2D eigenvalue weighted by Gasteiger charge is 2.13. The molecular formula is C15H14BrNO3. The number of aryl methyl sites for hydroxylation is 2. The van der Waals surface area contributed by atoms with Crippen molar-refractivity contribution >= 4 is 27.6 Å². The third-order valence-corrected chi connectivity index (χ3v) is 3.45. The van der Waals surface area contributed by atoms with Crippen LogP contribution in [0.5, 0.6) is 11.5 Å². The molecule has 2 rings (SSSR count). The van der Waals surface area contributed by atoms with Crippen LogP contribution in [0.2, 0.25) is 0 Å². The van der Waals surface area contributed by atoms with Crippen LogP contribution in [0.25, 0.3) is 0 Å². The van der Waals surface area contributed by atoms with Gasteiger partial charge < -0.3 is 15.6 Å². The Bertz CT molecular complexity index is 683. The summed E-state index contributed by atoms with van der Waals surface area (Å²) in [5, 5.41) is 9.13. The quantitative estimate of drug-likeness (QED) is 0.827. The first-order chi connectivity index (χ1) is 9.38. The number of ether oxygens (including phenoxy) is 1. The summed E-state index contributed by atoms with van der Waals surface area (Å²) in [6, 6.07) is 8.78. The van der Waals surface area contributed by atoms with Gasteiger partial charge in [-0.15, -0.1) is 0 Å². The molecule has 4 nitrogen and oxygen atoms in total. The Kier molecular flexibility index (Phi) is 3.99. The first-order valence-electron chi connectivity index (χ1n) is 5.96. The number of hydrogen-bond acceptors (Lipinski definition) is 3. The van der Waals surface area contributed by atoms with E-state index in [1.807, 2.05) is 25.1 Å². The van der Waals surface area contributed by atoms with Crippen molar-refractivity contribution in [3.05, 3.63) is 51.5 Å². The summed E-state index contributed by atoms with van der Waals surface area (Å²) in [6.45, 7) is 3.67. The van der Waals surface area contributed by atoms with Crippen molar-refractivity contribution in [2.45, 2.75) is 13.8 Å². The zero-order chi connectivity index (χ0) is 14.9. The van der Waals surface area contributed by atoms with Gasteiger partial charge in [-0.2, -0.15) is 0 Å². The molecule has 0 fully saturated rings. The topological polar surface area (TPSA) is 72.5 Å². The lowest BCUT2D eigenvalue weighted by Crippen LogP contribution is -2.04. The fourth-order valence-corrected chi connectivity index (χ4v) is 2.33. The second-order valence-corrected chi connectivity index (χ2v) is 5.43. The van der Waals surface area contributed by atoms with Crippen LogP contribution in [0.4, 0.5) is 5.69 Å². The van der Waals surface area contributed by atoms with Crippen LogP contribution in [0.1, 0.15) is 21.5 Å². The summed E-state index contributed by atoms with van der Waals surface area (Å²) in [7, 11) is 0.